The summed E-state index contributed by atoms with van der Waals surface area (Å²) < 4.78 is 7.58. The first-order valence-electron chi connectivity index (χ1n) is 10.6. The quantitative estimate of drug-likeness (QED) is 0.514. The minimum absolute atomic E-state index is 0.0259. The Morgan fingerprint density at radius 2 is 1.77 bits per heavy atom. The van der Waals surface area contributed by atoms with Gasteiger partial charge >= 0.3 is 0 Å². The van der Waals surface area contributed by atoms with Crippen LogP contribution in [0.25, 0.3) is 16.9 Å². The minimum atomic E-state index is -0.558. The Bertz CT molecular complexity index is 1210. The van der Waals surface area contributed by atoms with Crippen molar-refractivity contribution >= 4 is 17.2 Å². The van der Waals surface area contributed by atoms with Crippen LogP contribution in [0, 0.1) is 6.92 Å². The first kappa shape index (κ1) is 19.5. The Morgan fingerprint density at radius 3 is 2.52 bits per heavy atom. The average molecular weight is 412 g/mol. The molecule has 2 aromatic carbocycles. The highest BCUT2D eigenvalue weighted by Crippen LogP contribution is 2.36. The van der Waals surface area contributed by atoms with Crippen LogP contribution < -0.4 is 5.32 Å². The van der Waals surface area contributed by atoms with Gasteiger partial charge in [-0.1, -0.05) is 42.5 Å². The van der Waals surface area contributed by atoms with Crippen LogP contribution in [0.4, 0.5) is 5.69 Å². The molecule has 1 amide bonds. The van der Waals surface area contributed by atoms with Gasteiger partial charge < -0.3 is 14.5 Å². The van der Waals surface area contributed by atoms with E-state index >= 15 is 0 Å². The molecule has 4 aromatic rings. The average Bonchev–Trinajstić information content (AvgIpc) is 3.24. The van der Waals surface area contributed by atoms with Gasteiger partial charge in [-0.05, 0) is 55.2 Å². The summed E-state index contributed by atoms with van der Waals surface area (Å²) in [5.74, 6) is 0.0259. The molecule has 0 radical (unpaired) electrons. The second-order valence-electron chi connectivity index (χ2n) is 8.19. The molecular weight excluding hydrogens is 386 g/mol. The highest BCUT2D eigenvalue weighted by Gasteiger charge is 2.41. The molecule has 1 aliphatic rings. The Hall–Kier alpha value is -3.44. The second kappa shape index (κ2) is 8.00. The van der Waals surface area contributed by atoms with Crippen molar-refractivity contribution in [3.8, 4) is 11.3 Å². The Kier molecular flexibility index (Phi) is 5.04. The lowest BCUT2D eigenvalue weighted by Crippen LogP contribution is -2.44. The van der Waals surface area contributed by atoms with Crippen LogP contribution in [0.2, 0.25) is 0 Å². The number of ether oxygens (including phenoxy) is 1. The number of amides is 1. The number of carbonyl (C=O) groups is 1. The summed E-state index contributed by atoms with van der Waals surface area (Å²) in [6, 6.07) is 22.1. The summed E-state index contributed by atoms with van der Waals surface area (Å²) in [4.78, 5) is 18.1. The van der Waals surface area contributed by atoms with Crippen molar-refractivity contribution in [2.45, 2.75) is 25.2 Å². The number of nitrogens with one attached hydrogen (secondary N) is 1. The molecular formula is C26H25N3O2. The molecule has 1 fully saturated rings. The van der Waals surface area contributed by atoms with Gasteiger partial charge in [-0.3, -0.25) is 4.79 Å². The van der Waals surface area contributed by atoms with E-state index in [0.29, 0.717) is 26.1 Å². The number of pyridine rings is 1. The molecule has 0 bridgehead atoms. The van der Waals surface area contributed by atoms with Gasteiger partial charge in [0, 0.05) is 36.9 Å². The van der Waals surface area contributed by atoms with E-state index < -0.39 is 5.41 Å². The van der Waals surface area contributed by atoms with E-state index in [1.54, 1.807) is 0 Å². The molecule has 5 nitrogen and oxygen atoms in total. The van der Waals surface area contributed by atoms with Crippen LogP contribution in [0.3, 0.4) is 0 Å². The number of anilines is 1. The van der Waals surface area contributed by atoms with Crippen molar-refractivity contribution in [2.24, 2.45) is 0 Å². The van der Waals surface area contributed by atoms with Crippen molar-refractivity contribution in [3.05, 3.63) is 90.3 Å². The largest absolute Gasteiger partial charge is 0.381 e. The van der Waals surface area contributed by atoms with E-state index in [2.05, 4.69) is 24.4 Å². The van der Waals surface area contributed by atoms with Gasteiger partial charge in [0.1, 0.15) is 5.65 Å². The molecule has 0 spiro atoms. The second-order valence-corrected chi connectivity index (χ2v) is 8.19. The third kappa shape index (κ3) is 3.73. The molecule has 0 unspecified atom stereocenters. The zero-order chi connectivity index (χ0) is 21.3. The van der Waals surface area contributed by atoms with Gasteiger partial charge in [0.25, 0.3) is 0 Å². The summed E-state index contributed by atoms with van der Waals surface area (Å²) in [7, 11) is 0. The van der Waals surface area contributed by atoms with E-state index in [9.17, 15) is 4.79 Å². The van der Waals surface area contributed by atoms with Gasteiger partial charge in [-0.2, -0.15) is 0 Å². The maximum Gasteiger partial charge on any atom is 0.235 e. The van der Waals surface area contributed by atoms with Crippen molar-refractivity contribution in [1.82, 2.24) is 9.38 Å². The number of rotatable bonds is 4. The van der Waals surface area contributed by atoms with Crippen LogP contribution in [0.15, 0.2) is 79.1 Å². The molecule has 1 aliphatic heterocycles. The molecule has 1 saturated heterocycles. The molecule has 156 valence electrons. The fourth-order valence-corrected chi connectivity index (χ4v) is 4.32. The lowest BCUT2D eigenvalue weighted by Gasteiger charge is -2.36. The Labute approximate surface area is 181 Å². The van der Waals surface area contributed by atoms with Crippen LogP contribution in [-0.4, -0.2) is 28.5 Å². The van der Waals surface area contributed by atoms with E-state index in [1.165, 1.54) is 5.56 Å². The molecule has 2 aromatic heterocycles. The molecule has 0 atom stereocenters. The summed E-state index contributed by atoms with van der Waals surface area (Å²) in [6.45, 7) is 3.25. The van der Waals surface area contributed by atoms with E-state index in [1.807, 2.05) is 71.4 Å². The number of fused-ring (bicyclic) bond motifs is 1. The van der Waals surface area contributed by atoms with Gasteiger partial charge in [-0.15, -0.1) is 0 Å². The number of benzene rings is 2. The predicted molar refractivity (Wildman–Crippen MR) is 122 cm³/mol. The fourth-order valence-electron chi connectivity index (χ4n) is 4.32. The summed E-state index contributed by atoms with van der Waals surface area (Å²) >= 11 is 0. The summed E-state index contributed by atoms with van der Waals surface area (Å²) in [5, 5.41) is 3.14. The molecule has 0 saturated carbocycles. The highest BCUT2D eigenvalue weighted by molar-refractivity contribution is 5.99. The fraction of sp³-hybridized carbons (Fsp3) is 0.231. The molecule has 1 N–H and O–H groups in total. The smallest absolute Gasteiger partial charge is 0.235 e. The van der Waals surface area contributed by atoms with Gasteiger partial charge in [0.05, 0.1) is 11.1 Å². The Balaban J connectivity index is 1.38. The van der Waals surface area contributed by atoms with Crippen molar-refractivity contribution in [3.63, 3.8) is 0 Å². The predicted octanol–water partition coefficient (Wildman–Crippen LogP) is 5.00. The maximum absolute atomic E-state index is 13.4. The monoisotopic (exact) mass is 411 g/mol. The summed E-state index contributed by atoms with van der Waals surface area (Å²) in [6.07, 6.45) is 5.41. The van der Waals surface area contributed by atoms with Gasteiger partial charge in [0.2, 0.25) is 5.91 Å². The number of imidazole rings is 1. The number of nitrogens with zero attached hydrogens (tertiary/aromatic N) is 2. The zero-order valence-electron chi connectivity index (χ0n) is 17.5. The van der Waals surface area contributed by atoms with Crippen LogP contribution in [0.5, 0.6) is 0 Å². The normalized spacial score (nSPS) is 15.6. The summed E-state index contributed by atoms with van der Waals surface area (Å²) in [5.41, 5.74) is 5.32. The maximum atomic E-state index is 13.4. The van der Waals surface area contributed by atoms with Crippen LogP contribution in [0.1, 0.15) is 24.0 Å². The first-order valence-corrected chi connectivity index (χ1v) is 10.6. The SMILES string of the molecule is Cc1ccn2cc(-c3ccc(NC(=O)C4(c5ccccc5)CCOCC4)cc3)nc2c1. The molecule has 3 heterocycles. The zero-order valence-corrected chi connectivity index (χ0v) is 17.5. The van der Waals surface area contributed by atoms with Crippen LogP contribution in [-0.2, 0) is 14.9 Å². The lowest BCUT2D eigenvalue weighted by atomic mass is 9.73. The number of aromatic nitrogens is 2. The van der Waals surface area contributed by atoms with Gasteiger partial charge in [-0.25, -0.2) is 4.98 Å². The molecule has 31 heavy (non-hydrogen) atoms. The number of carbonyl (C=O) groups excluding carboxylic acids is 1. The standard InChI is InChI=1S/C26H25N3O2/c1-19-11-14-29-18-23(28-24(29)17-19)20-7-9-22(10-8-20)27-25(30)26(12-15-31-16-13-26)21-5-3-2-4-6-21/h2-11,14,17-18H,12-13,15-16H2,1H3,(H,27,30). The minimum Gasteiger partial charge on any atom is -0.381 e. The van der Waals surface area contributed by atoms with Crippen molar-refractivity contribution in [1.29, 1.82) is 0 Å². The number of hydrogen-bond acceptors (Lipinski definition) is 3. The van der Waals surface area contributed by atoms with Crippen molar-refractivity contribution < 1.29 is 9.53 Å². The van der Waals surface area contributed by atoms with Crippen molar-refractivity contribution in [2.75, 3.05) is 18.5 Å². The number of hydrogen-bond donors (Lipinski definition) is 1. The lowest BCUT2D eigenvalue weighted by molar-refractivity contribution is -0.125. The van der Waals surface area contributed by atoms with Gasteiger partial charge in [0.15, 0.2) is 0 Å². The topological polar surface area (TPSA) is 55.6 Å². The third-order valence-corrected chi connectivity index (χ3v) is 6.16. The van der Waals surface area contributed by atoms with Crippen LogP contribution >= 0.6 is 0 Å². The highest BCUT2D eigenvalue weighted by atomic mass is 16.5. The number of aryl methyl sites for hydroxylation is 1. The Morgan fingerprint density at radius 1 is 1.03 bits per heavy atom. The van der Waals surface area contributed by atoms with E-state index in [0.717, 1.165) is 28.2 Å². The van der Waals surface area contributed by atoms with E-state index in [4.69, 9.17) is 9.72 Å². The first-order chi connectivity index (χ1) is 15.1. The molecule has 5 rings (SSSR count). The third-order valence-electron chi connectivity index (χ3n) is 6.16. The molecule has 0 aliphatic carbocycles. The molecule has 5 heteroatoms. The van der Waals surface area contributed by atoms with E-state index in [-0.39, 0.29) is 5.91 Å².